The van der Waals surface area contributed by atoms with Gasteiger partial charge in [0.1, 0.15) is 0 Å². The number of nitrogens with zero attached hydrogens (tertiary/aromatic N) is 3. The summed E-state index contributed by atoms with van der Waals surface area (Å²) in [5, 5.41) is 3.55. The van der Waals surface area contributed by atoms with Crippen molar-refractivity contribution < 1.29 is 13.2 Å². The summed E-state index contributed by atoms with van der Waals surface area (Å²) < 4.78 is 38.8. The van der Waals surface area contributed by atoms with E-state index in [0.29, 0.717) is 12.2 Å². The zero-order valence-corrected chi connectivity index (χ0v) is 8.97. The van der Waals surface area contributed by atoms with Gasteiger partial charge in [-0.1, -0.05) is 18.5 Å². The predicted octanol–water partition coefficient (Wildman–Crippen LogP) is 2.96. The second-order valence-corrected chi connectivity index (χ2v) is 3.57. The Bertz CT molecular complexity index is 533. The molecule has 0 aliphatic rings. The highest BCUT2D eigenvalue weighted by atomic mass is 35.5. The summed E-state index contributed by atoms with van der Waals surface area (Å²) in [5.41, 5.74) is -0.856. The molecule has 0 aliphatic carbocycles. The first-order valence-corrected chi connectivity index (χ1v) is 4.92. The molecule has 16 heavy (non-hydrogen) atoms. The summed E-state index contributed by atoms with van der Waals surface area (Å²) in [5.74, 6) is 0.459. The van der Waals surface area contributed by atoms with Gasteiger partial charge in [0.2, 0.25) is 0 Å². The monoisotopic (exact) mass is 249 g/mol. The lowest BCUT2D eigenvalue weighted by atomic mass is 10.2. The van der Waals surface area contributed by atoms with E-state index in [4.69, 9.17) is 11.6 Å². The zero-order chi connectivity index (χ0) is 11.9. The third kappa shape index (κ3) is 1.73. The van der Waals surface area contributed by atoms with E-state index in [2.05, 4.69) is 10.1 Å². The molecule has 0 bridgehead atoms. The molecule has 2 heterocycles. The standard InChI is InChI=1S/C9H7ClF3N3/c1-2-6-14-8-7(10)5(9(11,12)13)3-4-16(8)15-6/h3-4H,2H2,1H3. The fraction of sp³-hybridized carbons (Fsp3) is 0.333. The summed E-state index contributed by atoms with van der Waals surface area (Å²) in [6.07, 6.45) is -2.73. The van der Waals surface area contributed by atoms with Crippen LogP contribution in [-0.4, -0.2) is 14.6 Å². The Hall–Kier alpha value is -1.30. The molecular weight excluding hydrogens is 243 g/mol. The number of pyridine rings is 1. The second-order valence-electron chi connectivity index (χ2n) is 3.19. The van der Waals surface area contributed by atoms with Gasteiger partial charge < -0.3 is 0 Å². The number of hydrogen-bond acceptors (Lipinski definition) is 2. The number of hydrogen-bond donors (Lipinski definition) is 0. The van der Waals surface area contributed by atoms with Crippen LogP contribution in [0.4, 0.5) is 13.2 Å². The summed E-state index contributed by atoms with van der Waals surface area (Å²) in [7, 11) is 0. The first-order valence-electron chi connectivity index (χ1n) is 4.54. The smallest absolute Gasteiger partial charge is 0.219 e. The van der Waals surface area contributed by atoms with Crippen LogP contribution in [0.1, 0.15) is 18.3 Å². The summed E-state index contributed by atoms with van der Waals surface area (Å²) in [6, 6.07) is 0.892. The number of fused-ring (bicyclic) bond motifs is 1. The van der Waals surface area contributed by atoms with E-state index in [1.807, 2.05) is 6.92 Å². The first kappa shape index (κ1) is 11.2. The summed E-state index contributed by atoms with van der Waals surface area (Å²) in [6.45, 7) is 1.81. The van der Waals surface area contributed by atoms with Gasteiger partial charge in [0.25, 0.3) is 0 Å². The Labute approximate surface area is 93.9 Å². The number of alkyl halides is 3. The molecule has 2 aromatic heterocycles. The lowest BCUT2D eigenvalue weighted by Gasteiger charge is -2.08. The van der Waals surface area contributed by atoms with Crippen LogP contribution in [0.5, 0.6) is 0 Å². The van der Waals surface area contributed by atoms with Gasteiger partial charge in [-0.2, -0.15) is 18.3 Å². The average molecular weight is 250 g/mol. The van der Waals surface area contributed by atoms with Crippen LogP contribution >= 0.6 is 11.6 Å². The van der Waals surface area contributed by atoms with Crippen molar-refractivity contribution in [3.05, 3.63) is 28.7 Å². The number of aromatic nitrogens is 3. The van der Waals surface area contributed by atoms with Gasteiger partial charge in [-0.15, -0.1) is 0 Å². The molecule has 0 aliphatic heterocycles. The number of aryl methyl sites for hydroxylation is 1. The van der Waals surface area contributed by atoms with Gasteiger partial charge in [-0.25, -0.2) is 9.50 Å². The molecule has 0 radical (unpaired) electrons. The molecule has 2 aromatic rings. The Kier molecular flexibility index (Phi) is 2.53. The molecule has 3 nitrogen and oxygen atoms in total. The van der Waals surface area contributed by atoms with Gasteiger partial charge in [0, 0.05) is 12.6 Å². The van der Waals surface area contributed by atoms with Gasteiger partial charge in [0.15, 0.2) is 11.5 Å². The van der Waals surface area contributed by atoms with Crippen molar-refractivity contribution in [1.29, 1.82) is 0 Å². The minimum Gasteiger partial charge on any atom is -0.219 e. The molecule has 0 atom stereocenters. The highest BCUT2D eigenvalue weighted by Crippen LogP contribution is 2.35. The maximum absolute atomic E-state index is 12.5. The fourth-order valence-corrected chi connectivity index (χ4v) is 1.63. The number of halogens is 4. The van der Waals surface area contributed by atoms with Gasteiger partial charge >= 0.3 is 6.18 Å². The van der Waals surface area contributed by atoms with E-state index in [-0.39, 0.29) is 5.65 Å². The van der Waals surface area contributed by atoms with Crippen molar-refractivity contribution in [3.8, 4) is 0 Å². The molecule has 0 fully saturated rings. The van der Waals surface area contributed by atoms with Crippen molar-refractivity contribution in [2.75, 3.05) is 0 Å². The SMILES string of the molecule is CCc1nc2c(Cl)c(C(F)(F)F)ccn2n1. The van der Waals surface area contributed by atoms with Crippen LogP contribution in [0.15, 0.2) is 12.3 Å². The molecular formula is C9H7ClF3N3. The molecule has 7 heteroatoms. The first-order chi connectivity index (χ1) is 7.43. The van der Waals surface area contributed by atoms with Crippen LogP contribution in [0.25, 0.3) is 5.65 Å². The molecule has 2 rings (SSSR count). The van der Waals surface area contributed by atoms with E-state index in [1.54, 1.807) is 0 Å². The van der Waals surface area contributed by atoms with E-state index >= 15 is 0 Å². The second kappa shape index (κ2) is 3.62. The van der Waals surface area contributed by atoms with Crippen molar-refractivity contribution in [1.82, 2.24) is 14.6 Å². The molecule has 0 unspecified atom stereocenters. The lowest BCUT2D eigenvalue weighted by molar-refractivity contribution is -0.137. The van der Waals surface area contributed by atoms with Crippen LogP contribution in [0.2, 0.25) is 5.02 Å². The molecule has 86 valence electrons. The third-order valence-corrected chi connectivity index (χ3v) is 2.48. The molecule has 0 spiro atoms. The quantitative estimate of drug-likeness (QED) is 0.778. The lowest BCUT2D eigenvalue weighted by Crippen LogP contribution is -2.07. The van der Waals surface area contributed by atoms with Crippen LogP contribution < -0.4 is 0 Å². The van der Waals surface area contributed by atoms with E-state index in [9.17, 15) is 13.2 Å². The van der Waals surface area contributed by atoms with Gasteiger partial charge in [-0.05, 0) is 6.07 Å². The van der Waals surface area contributed by atoms with Crippen LogP contribution in [0, 0.1) is 0 Å². The number of rotatable bonds is 1. The largest absolute Gasteiger partial charge is 0.418 e. The Morgan fingerprint density at radius 1 is 1.44 bits per heavy atom. The highest BCUT2D eigenvalue weighted by molar-refractivity contribution is 6.34. The predicted molar refractivity (Wildman–Crippen MR) is 52.4 cm³/mol. The molecule has 0 N–H and O–H groups in total. The van der Waals surface area contributed by atoms with Crippen molar-refractivity contribution >= 4 is 17.2 Å². The topological polar surface area (TPSA) is 30.2 Å². The van der Waals surface area contributed by atoms with Crippen molar-refractivity contribution in [2.24, 2.45) is 0 Å². The minimum atomic E-state index is -4.48. The van der Waals surface area contributed by atoms with Crippen molar-refractivity contribution in [2.45, 2.75) is 19.5 Å². The summed E-state index contributed by atoms with van der Waals surface area (Å²) >= 11 is 5.65. The van der Waals surface area contributed by atoms with Gasteiger partial charge in [-0.3, -0.25) is 0 Å². The molecule has 0 amide bonds. The third-order valence-electron chi connectivity index (χ3n) is 2.11. The van der Waals surface area contributed by atoms with E-state index < -0.39 is 16.8 Å². The minimum absolute atomic E-state index is 0.0355. The van der Waals surface area contributed by atoms with Crippen molar-refractivity contribution in [3.63, 3.8) is 0 Å². The highest BCUT2D eigenvalue weighted by Gasteiger charge is 2.34. The van der Waals surface area contributed by atoms with Gasteiger partial charge in [0.05, 0.1) is 10.6 Å². The molecule has 0 saturated carbocycles. The zero-order valence-electron chi connectivity index (χ0n) is 8.22. The molecule has 0 aromatic carbocycles. The van der Waals surface area contributed by atoms with E-state index in [0.717, 1.165) is 6.07 Å². The normalized spacial score (nSPS) is 12.3. The fourth-order valence-electron chi connectivity index (χ4n) is 1.33. The molecule has 0 saturated heterocycles. The maximum atomic E-state index is 12.5. The Morgan fingerprint density at radius 3 is 2.69 bits per heavy atom. The Morgan fingerprint density at radius 2 is 2.12 bits per heavy atom. The van der Waals surface area contributed by atoms with Crippen LogP contribution in [-0.2, 0) is 12.6 Å². The maximum Gasteiger partial charge on any atom is 0.418 e. The summed E-state index contributed by atoms with van der Waals surface area (Å²) in [4.78, 5) is 3.92. The van der Waals surface area contributed by atoms with Crippen LogP contribution in [0.3, 0.4) is 0 Å². The Balaban J connectivity index is 2.69. The van der Waals surface area contributed by atoms with E-state index in [1.165, 1.54) is 10.7 Å². The average Bonchev–Trinajstić information content (AvgIpc) is 2.60.